The smallest absolute Gasteiger partial charge is 0.438 e. The minimum atomic E-state index is -0.598. The highest BCUT2D eigenvalue weighted by atomic mass is 16.7. The molecule has 0 saturated heterocycles. The molecule has 0 N–H and O–H groups in total. The molecule has 0 spiro atoms. The molecule has 0 bridgehead atoms. The van der Waals surface area contributed by atoms with Gasteiger partial charge >= 0.3 is 6.16 Å². The van der Waals surface area contributed by atoms with Gasteiger partial charge in [-0.25, -0.2) is 4.79 Å². The second kappa shape index (κ2) is 4.90. The van der Waals surface area contributed by atoms with Crippen molar-refractivity contribution in [3.63, 3.8) is 0 Å². The van der Waals surface area contributed by atoms with E-state index in [1.165, 1.54) is 25.5 Å². The van der Waals surface area contributed by atoms with Crippen LogP contribution in [0.25, 0.3) is 0 Å². The van der Waals surface area contributed by atoms with Crippen LogP contribution in [-0.4, -0.2) is 19.4 Å². The van der Waals surface area contributed by atoms with Crippen molar-refractivity contribution in [1.82, 2.24) is 0 Å². The van der Waals surface area contributed by atoms with Gasteiger partial charge in [0, 0.05) is 0 Å². The molecule has 1 aliphatic rings. The van der Waals surface area contributed by atoms with Gasteiger partial charge in [0.2, 0.25) is 0 Å². The zero-order chi connectivity index (χ0) is 9.68. The standard InChI is InChI=1S/C10H16O3/c1-8(13-10(11)12-2)9-6-4-3-5-7-9/h6,8H,3-5,7H2,1-2H3. The Morgan fingerprint density at radius 3 is 2.85 bits per heavy atom. The first-order chi connectivity index (χ1) is 6.24. The third-order valence-electron chi connectivity index (χ3n) is 2.29. The molecule has 1 unspecified atom stereocenters. The molecule has 0 fully saturated rings. The van der Waals surface area contributed by atoms with Gasteiger partial charge in [-0.3, -0.25) is 0 Å². The Balaban J connectivity index is 2.41. The second-order valence-corrected chi connectivity index (χ2v) is 3.24. The lowest BCUT2D eigenvalue weighted by Crippen LogP contribution is -2.18. The number of allylic oxidation sites excluding steroid dienone is 1. The first-order valence-electron chi connectivity index (χ1n) is 4.67. The number of rotatable bonds is 2. The van der Waals surface area contributed by atoms with Crippen molar-refractivity contribution in [3.05, 3.63) is 11.6 Å². The molecule has 0 amide bonds. The molecule has 0 aliphatic heterocycles. The lowest BCUT2D eigenvalue weighted by Gasteiger charge is -2.18. The van der Waals surface area contributed by atoms with Crippen molar-refractivity contribution in [3.8, 4) is 0 Å². The maximum atomic E-state index is 10.8. The maximum absolute atomic E-state index is 10.8. The fourth-order valence-electron chi connectivity index (χ4n) is 1.50. The second-order valence-electron chi connectivity index (χ2n) is 3.24. The summed E-state index contributed by atoms with van der Waals surface area (Å²) in [4.78, 5) is 10.8. The largest absolute Gasteiger partial charge is 0.508 e. The van der Waals surface area contributed by atoms with Crippen LogP contribution in [0.3, 0.4) is 0 Å². The Hall–Kier alpha value is -0.990. The number of hydrogen-bond donors (Lipinski definition) is 0. The van der Waals surface area contributed by atoms with Crippen LogP contribution >= 0.6 is 0 Å². The fraction of sp³-hybridized carbons (Fsp3) is 0.700. The number of carbonyl (C=O) groups excluding carboxylic acids is 1. The summed E-state index contributed by atoms with van der Waals surface area (Å²) in [6.45, 7) is 1.88. The molecule has 0 aromatic rings. The van der Waals surface area contributed by atoms with E-state index in [1.54, 1.807) is 0 Å². The predicted molar refractivity (Wildman–Crippen MR) is 49.5 cm³/mol. The molecular weight excluding hydrogens is 168 g/mol. The number of ether oxygens (including phenoxy) is 2. The molecule has 13 heavy (non-hydrogen) atoms. The van der Waals surface area contributed by atoms with Gasteiger partial charge in [-0.15, -0.1) is 0 Å². The molecule has 1 rings (SSSR count). The molecule has 0 radical (unpaired) electrons. The average Bonchev–Trinajstić information content (AvgIpc) is 2.19. The van der Waals surface area contributed by atoms with Gasteiger partial charge < -0.3 is 9.47 Å². The van der Waals surface area contributed by atoms with Crippen LogP contribution in [0.5, 0.6) is 0 Å². The first-order valence-corrected chi connectivity index (χ1v) is 4.67. The van der Waals surface area contributed by atoms with Gasteiger partial charge in [0.25, 0.3) is 0 Å². The summed E-state index contributed by atoms with van der Waals surface area (Å²) in [7, 11) is 1.32. The summed E-state index contributed by atoms with van der Waals surface area (Å²) < 4.78 is 9.43. The van der Waals surface area contributed by atoms with E-state index in [0.29, 0.717) is 0 Å². The van der Waals surface area contributed by atoms with Crippen molar-refractivity contribution < 1.29 is 14.3 Å². The number of methoxy groups -OCH3 is 1. The van der Waals surface area contributed by atoms with E-state index in [4.69, 9.17) is 4.74 Å². The average molecular weight is 184 g/mol. The topological polar surface area (TPSA) is 35.5 Å². The molecule has 0 saturated carbocycles. The minimum absolute atomic E-state index is 0.132. The van der Waals surface area contributed by atoms with Gasteiger partial charge in [-0.2, -0.15) is 0 Å². The summed E-state index contributed by atoms with van der Waals surface area (Å²) in [5.74, 6) is 0. The van der Waals surface area contributed by atoms with E-state index in [9.17, 15) is 4.79 Å². The predicted octanol–water partition coefficient (Wildman–Crippen LogP) is 2.66. The number of carbonyl (C=O) groups is 1. The molecule has 3 nitrogen and oxygen atoms in total. The Kier molecular flexibility index (Phi) is 3.80. The summed E-state index contributed by atoms with van der Waals surface area (Å²) in [6, 6.07) is 0. The van der Waals surface area contributed by atoms with Crippen LogP contribution in [-0.2, 0) is 9.47 Å². The molecule has 1 aliphatic carbocycles. The van der Waals surface area contributed by atoms with E-state index in [0.717, 1.165) is 12.8 Å². The van der Waals surface area contributed by atoms with Crippen LogP contribution in [0.2, 0.25) is 0 Å². The Morgan fingerprint density at radius 1 is 1.54 bits per heavy atom. The minimum Gasteiger partial charge on any atom is -0.438 e. The Morgan fingerprint density at radius 2 is 2.31 bits per heavy atom. The summed E-state index contributed by atoms with van der Waals surface area (Å²) in [5.41, 5.74) is 1.22. The lowest BCUT2D eigenvalue weighted by molar-refractivity contribution is 0.0531. The van der Waals surface area contributed by atoms with Crippen LogP contribution in [0.1, 0.15) is 32.6 Å². The van der Waals surface area contributed by atoms with Crippen molar-refractivity contribution in [2.75, 3.05) is 7.11 Å². The molecule has 1 atom stereocenters. The fourth-order valence-corrected chi connectivity index (χ4v) is 1.50. The molecule has 0 aromatic heterocycles. The van der Waals surface area contributed by atoms with Gasteiger partial charge in [0.1, 0.15) is 6.10 Å². The summed E-state index contributed by atoms with van der Waals surface area (Å²) in [6.07, 6.45) is 6.01. The zero-order valence-corrected chi connectivity index (χ0v) is 8.21. The van der Waals surface area contributed by atoms with Crippen molar-refractivity contribution in [2.24, 2.45) is 0 Å². The van der Waals surface area contributed by atoms with Crippen LogP contribution < -0.4 is 0 Å². The first kappa shape index (κ1) is 10.1. The zero-order valence-electron chi connectivity index (χ0n) is 8.21. The highest BCUT2D eigenvalue weighted by molar-refractivity contribution is 5.60. The maximum Gasteiger partial charge on any atom is 0.508 e. The van der Waals surface area contributed by atoms with Gasteiger partial charge in [-0.05, 0) is 38.2 Å². The van der Waals surface area contributed by atoms with E-state index < -0.39 is 6.16 Å². The van der Waals surface area contributed by atoms with E-state index in [2.05, 4.69) is 10.8 Å². The quantitative estimate of drug-likeness (QED) is 0.489. The normalized spacial score (nSPS) is 18.8. The lowest BCUT2D eigenvalue weighted by atomic mass is 9.96. The van der Waals surface area contributed by atoms with Crippen LogP contribution in [0, 0.1) is 0 Å². The van der Waals surface area contributed by atoms with Gasteiger partial charge in [-0.1, -0.05) is 6.08 Å². The van der Waals surface area contributed by atoms with Crippen molar-refractivity contribution in [1.29, 1.82) is 0 Å². The van der Waals surface area contributed by atoms with Crippen LogP contribution in [0.4, 0.5) is 4.79 Å². The molecular formula is C10H16O3. The highest BCUT2D eigenvalue weighted by Gasteiger charge is 2.15. The van der Waals surface area contributed by atoms with Gasteiger partial charge in [0.15, 0.2) is 0 Å². The SMILES string of the molecule is COC(=O)OC(C)C1=CCCCC1. The van der Waals surface area contributed by atoms with Crippen molar-refractivity contribution >= 4 is 6.16 Å². The third-order valence-corrected chi connectivity index (χ3v) is 2.29. The van der Waals surface area contributed by atoms with E-state index in [1.807, 2.05) is 6.92 Å². The third kappa shape index (κ3) is 3.09. The van der Waals surface area contributed by atoms with E-state index in [-0.39, 0.29) is 6.10 Å². The summed E-state index contributed by atoms with van der Waals surface area (Å²) >= 11 is 0. The molecule has 3 heteroatoms. The van der Waals surface area contributed by atoms with Crippen molar-refractivity contribution in [2.45, 2.75) is 38.7 Å². The molecule has 74 valence electrons. The highest BCUT2D eigenvalue weighted by Crippen LogP contribution is 2.21. The monoisotopic (exact) mass is 184 g/mol. The Labute approximate surface area is 78.7 Å². The molecule has 0 heterocycles. The molecule has 0 aromatic carbocycles. The van der Waals surface area contributed by atoms with Crippen LogP contribution in [0.15, 0.2) is 11.6 Å². The Bertz CT molecular complexity index is 208. The van der Waals surface area contributed by atoms with E-state index >= 15 is 0 Å². The number of hydrogen-bond acceptors (Lipinski definition) is 3. The van der Waals surface area contributed by atoms with Gasteiger partial charge in [0.05, 0.1) is 7.11 Å². The summed E-state index contributed by atoms with van der Waals surface area (Å²) in [5, 5.41) is 0.